The smallest absolute Gasteiger partial charge is 0.259 e. The van der Waals surface area contributed by atoms with Crippen LogP contribution in [0.3, 0.4) is 0 Å². The minimum Gasteiger partial charge on any atom is -0.377 e. The van der Waals surface area contributed by atoms with Crippen molar-refractivity contribution in [2.75, 3.05) is 12.4 Å². The topological polar surface area (TPSA) is 77.0 Å². The Kier molecular flexibility index (Phi) is 4.34. The van der Waals surface area contributed by atoms with Gasteiger partial charge in [-0.1, -0.05) is 11.3 Å². The van der Waals surface area contributed by atoms with Crippen LogP contribution >= 0.6 is 27.3 Å². The molecule has 6 nitrogen and oxygen atoms in total. The molecule has 0 saturated heterocycles. The normalized spacial score (nSPS) is 10.3. The Hall–Kier alpha value is -1.38. The van der Waals surface area contributed by atoms with Gasteiger partial charge in [0.25, 0.3) is 5.91 Å². The Bertz CT molecular complexity index is 560. The Balaban J connectivity index is 2.06. The lowest BCUT2D eigenvalue weighted by Gasteiger charge is -2.00. The fraction of sp³-hybridized carbons (Fsp3) is 0.200. The molecule has 0 aliphatic rings. The molecule has 94 valence electrons. The third-order valence-electron chi connectivity index (χ3n) is 1.92. The van der Waals surface area contributed by atoms with E-state index < -0.39 is 0 Å². The summed E-state index contributed by atoms with van der Waals surface area (Å²) in [4.78, 5) is 15.8. The number of rotatable bonds is 4. The van der Waals surface area contributed by atoms with E-state index in [1.165, 1.54) is 17.5 Å². The van der Waals surface area contributed by atoms with Gasteiger partial charge < -0.3 is 4.74 Å². The summed E-state index contributed by atoms with van der Waals surface area (Å²) in [5, 5.41) is 11.5. The number of methoxy groups -OCH3 is 1. The van der Waals surface area contributed by atoms with Gasteiger partial charge in [0.05, 0.1) is 5.56 Å². The molecule has 1 amide bonds. The molecule has 2 aromatic rings. The van der Waals surface area contributed by atoms with Crippen molar-refractivity contribution < 1.29 is 9.53 Å². The number of pyridine rings is 1. The zero-order chi connectivity index (χ0) is 13.0. The van der Waals surface area contributed by atoms with Crippen LogP contribution in [0, 0.1) is 0 Å². The lowest BCUT2D eigenvalue weighted by molar-refractivity contribution is 0.102. The van der Waals surface area contributed by atoms with E-state index in [0.717, 1.165) is 4.47 Å². The maximum Gasteiger partial charge on any atom is 0.259 e. The number of anilines is 1. The number of hydrogen-bond acceptors (Lipinski definition) is 6. The van der Waals surface area contributed by atoms with Gasteiger partial charge in [0, 0.05) is 24.0 Å². The summed E-state index contributed by atoms with van der Waals surface area (Å²) in [6, 6.07) is 1.68. The first-order valence-corrected chi connectivity index (χ1v) is 6.53. The minimum atomic E-state index is -0.274. The maximum atomic E-state index is 11.9. The van der Waals surface area contributed by atoms with Crippen LogP contribution in [0.2, 0.25) is 0 Å². The van der Waals surface area contributed by atoms with Gasteiger partial charge in [0.1, 0.15) is 11.6 Å². The molecule has 0 atom stereocenters. The Morgan fingerprint density at radius 2 is 2.33 bits per heavy atom. The number of nitrogens with one attached hydrogen (secondary N) is 1. The first kappa shape index (κ1) is 13.1. The lowest BCUT2D eigenvalue weighted by atomic mass is 10.3. The van der Waals surface area contributed by atoms with Gasteiger partial charge in [-0.05, 0) is 22.0 Å². The molecule has 0 bridgehead atoms. The molecule has 0 fully saturated rings. The van der Waals surface area contributed by atoms with Crippen molar-refractivity contribution in [2.24, 2.45) is 0 Å². The van der Waals surface area contributed by atoms with E-state index in [4.69, 9.17) is 4.74 Å². The van der Waals surface area contributed by atoms with Gasteiger partial charge >= 0.3 is 0 Å². The van der Waals surface area contributed by atoms with Crippen LogP contribution in [0.1, 0.15) is 15.4 Å². The van der Waals surface area contributed by atoms with Crippen LogP contribution in [0.15, 0.2) is 22.9 Å². The lowest BCUT2D eigenvalue weighted by Crippen LogP contribution is -2.11. The number of carbonyl (C=O) groups is 1. The van der Waals surface area contributed by atoms with Crippen molar-refractivity contribution in [3.63, 3.8) is 0 Å². The Labute approximate surface area is 116 Å². The SMILES string of the molecule is COCc1nnc(NC(=O)c2cncc(Br)c2)s1. The van der Waals surface area contributed by atoms with Crippen LogP contribution in [-0.4, -0.2) is 28.2 Å². The zero-order valence-corrected chi connectivity index (χ0v) is 11.8. The van der Waals surface area contributed by atoms with E-state index in [-0.39, 0.29) is 5.91 Å². The summed E-state index contributed by atoms with van der Waals surface area (Å²) >= 11 is 4.53. The Morgan fingerprint density at radius 1 is 1.50 bits per heavy atom. The van der Waals surface area contributed by atoms with E-state index >= 15 is 0 Å². The van der Waals surface area contributed by atoms with Crippen LogP contribution in [-0.2, 0) is 11.3 Å². The summed E-state index contributed by atoms with van der Waals surface area (Å²) in [5.74, 6) is -0.274. The molecular weight excluding hydrogens is 320 g/mol. The second-order valence-corrected chi connectivity index (χ2v) is 5.26. The second-order valence-electron chi connectivity index (χ2n) is 3.28. The molecule has 2 rings (SSSR count). The van der Waals surface area contributed by atoms with Crippen LogP contribution in [0.25, 0.3) is 0 Å². The van der Waals surface area contributed by atoms with Crippen LogP contribution in [0.4, 0.5) is 5.13 Å². The molecule has 2 aromatic heterocycles. The predicted octanol–water partition coefficient (Wildman–Crippen LogP) is 2.09. The van der Waals surface area contributed by atoms with E-state index in [0.29, 0.717) is 22.3 Å². The van der Waals surface area contributed by atoms with Crippen LogP contribution in [0.5, 0.6) is 0 Å². The highest BCUT2D eigenvalue weighted by Gasteiger charge is 2.10. The molecule has 0 aliphatic carbocycles. The van der Waals surface area contributed by atoms with Gasteiger partial charge in [0.2, 0.25) is 5.13 Å². The highest BCUT2D eigenvalue weighted by molar-refractivity contribution is 9.10. The quantitative estimate of drug-likeness (QED) is 0.929. The number of halogens is 1. The van der Waals surface area contributed by atoms with E-state index in [2.05, 4.69) is 36.4 Å². The van der Waals surface area contributed by atoms with E-state index in [1.807, 2.05) is 0 Å². The highest BCUT2D eigenvalue weighted by atomic mass is 79.9. The summed E-state index contributed by atoms with van der Waals surface area (Å²) in [6.07, 6.45) is 3.09. The number of nitrogens with zero attached hydrogens (tertiary/aromatic N) is 3. The van der Waals surface area contributed by atoms with Gasteiger partial charge in [-0.2, -0.15) is 0 Å². The molecule has 18 heavy (non-hydrogen) atoms. The number of aromatic nitrogens is 3. The molecular formula is C10H9BrN4O2S. The minimum absolute atomic E-state index is 0.274. The summed E-state index contributed by atoms with van der Waals surface area (Å²) in [7, 11) is 1.58. The summed E-state index contributed by atoms with van der Waals surface area (Å²) < 4.78 is 5.67. The first-order chi connectivity index (χ1) is 8.69. The zero-order valence-electron chi connectivity index (χ0n) is 9.38. The van der Waals surface area contributed by atoms with Crippen molar-refractivity contribution in [2.45, 2.75) is 6.61 Å². The molecule has 8 heteroatoms. The van der Waals surface area contributed by atoms with Crippen molar-refractivity contribution in [3.8, 4) is 0 Å². The predicted molar refractivity (Wildman–Crippen MR) is 70.5 cm³/mol. The van der Waals surface area contributed by atoms with Crippen LogP contribution < -0.4 is 5.32 Å². The van der Waals surface area contributed by atoms with E-state index in [1.54, 1.807) is 19.4 Å². The first-order valence-electron chi connectivity index (χ1n) is 4.92. The number of hydrogen-bond donors (Lipinski definition) is 1. The summed E-state index contributed by atoms with van der Waals surface area (Å²) in [5.41, 5.74) is 0.452. The molecule has 0 unspecified atom stereocenters. The average molecular weight is 329 g/mol. The summed E-state index contributed by atoms with van der Waals surface area (Å²) in [6.45, 7) is 0.381. The molecule has 0 aromatic carbocycles. The molecule has 0 radical (unpaired) electrons. The third-order valence-corrected chi connectivity index (χ3v) is 3.17. The Morgan fingerprint density at radius 3 is 3.06 bits per heavy atom. The van der Waals surface area contributed by atoms with Gasteiger partial charge in [-0.15, -0.1) is 10.2 Å². The second kappa shape index (κ2) is 5.98. The molecule has 0 spiro atoms. The molecule has 0 saturated carbocycles. The molecule has 0 aliphatic heterocycles. The fourth-order valence-electron chi connectivity index (χ4n) is 1.19. The van der Waals surface area contributed by atoms with Gasteiger partial charge in [-0.25, -0.2) is 0 Å². The molecule has 2 heterocycles. The third kappa shape index (κ3) is 3.31. The van der Waals surface area contributed by atoms with Gasteiger partial charge in [0.15, 0.2) is 0 Å². The maximum absolute atomic E-state index is 11.9. The van der Waals surface area contributed by atoms with Crippen molar-refractivity contribution in [3.05, 3.63) is 33.5 Å². The number of carbonyl (C=O) groups excluding carboxylic acids is 1. The van der Waals surface area contributed by atoms with Gasteiger partial charge in [-0.3, -0.25) is 15.1 Å². The average Bonchev–Trinajstić information content (AvgIpc) is 2.77. The fourth-order valence-corrected chi connectivity index (χ4v) is 2.26. The molecule has 1 N–H and O–H groups in total. The van der Waals surface area contributed by atoms with Crippen molar-refractivity contribution in [1.82, 2.24) is 15.2 Å². The van der Waals surface area contributed by atoms with E-state index in [9.17, 15) is 4.79 Å². The number of amides is 1. The standard InChI is InChI=1S/C10H9BrN4O2S/c1-17-5-8-14-15-10(18-8)13-9(16)6-2-7(11)4-12-3-6/h2-4H,5H2,1H3,(H,13,15,16). The monoisotopic (exact) mass is 328 g/mol. The largest absolute Gasteiger partial charge is 0.377 e. The number of ether oxygens (including phenoxy) is 1. The van der Waals surface area contributed by atoms with Crippen molar-refractivity contribution >= 4 is 38.3 Å². The van der Waals surface area contributed by atoms with Crippen molar-refractivity contribution in [1.29, 1.82) is 0 Å². The highest BCUT2D eigenvalue weighted by Crippen LogP contribution is 2.17.